The lowest BCUT2D eigenvalue weighted by atomic mass is 10.2. The highest BCUT2D eigenvalue weighted by atomic mass is 32.2. The SMILES string of the molecule is CC(N)c1ccc(Sc2ccc(F)cc2F)cn1. The Hall–Kier alpha value is -1.46. The number of hydrogen-bond acceptors (Lipinski definition) is 3. The van der Waals surface area contributed by atoms with Crippen molar-refractivity contribution in [1.82, 2.24) is 4.98 Å². The average Bonchev–Trinajstić information content (AvgIpc) is 2.33. The molecule has 0 fully saturated rings. The van der Waals surface area contributed by atoms with Crippen LogP contribution in [0.15, 0.2) is 46.3 Å². The Morgan fingerprint density at radius 1 is 1.22 bits per heavy atom. The number of hydrogen-bond donors (Lipinski definition) is 1. The van der Waals surface area contributed by atoms with Crippen LogP contribution >= 0.6 is 11.8 Å². The van der Waals surface area contributed by atoms with Crippen molar-refractivity contribution in [3.05, 3.63) is 53.9 Å². The van der Waals surface area contributed by atoms with Crippen LogP contribution in [0.25, 0.3) is 0 Å². The third-order valence-corrected chi connectivity index (χ3v) is 3.38. The average molecular weight is 266 g/mol. The minimum atomic E-state index is -0.581. The van der Waals surface area contributed by atoms with E-state index in [-0.39, 0.29) is 6.04 Å². The third kappa shape index (κ3) is 3.05. The molecule has 1 aromatic heterocycles. The molecule has 0 spiro atoms. The summed E-state index contributed by atoms with van der Waals surface area (Å²) in [6.45, 7) is 1.84. The van der Waals surface area contributed by atoms with Crippen LogP contribution in [0.5, 0.6) is 0 Å². The molecule has 1 aromatic carbocycles. The third-order valence-electron chi connectivity index (χ3n) is 2.35. The lowest BCUT2D eigenvalue weighted by Crippen LogP contribution is -2.06. The summed E-state index contributed by atoms with van der Waals surface area (Å²) < 4.78 is 26.2. The molecule has 2 aromatic rings. The first-order valence-electron chi connectivity index (χ1n) is 5.40. The first kappa shape index (κ1) is 13.0. The van der Waals surface area contributed by atoms with Crippen LogP contribution in [0, 0.1) is 11.6 Å². The lowest BCUT2D eigenvalue weighted by molar-refractivity contribution is 0.565. The van der Waals surface area contributed by atoms with Crippen molar-refractivity contribution in [2.24, 2.45) is 5.73 Å². The van der Waals surface area contributed by atoms with E-state index in [1.807, 2.05) is 13.0 Å². The molecule has 0 aliphatic heterocycles. The van der Waals surface area contributed by atoms with Gasteiger partial charge in [-0.1, -0.05) is 11.8 Å². The summed E-state index contributed by atoms with van der Waals surface area (Å²) in [7, 11) is 0. The fourth-order valence-electron chi connectivity index (χ4n) is 1.41. The van der Waals surface area contributed by atoms with Gasteiger partial charge in [0.1, 0.15) is 11.6 Å². The van der Waals surface area contributed by atoms with Gasteiger partial charge in [0, 0.05) is 28.1 Å². The van der Waals surface area contributed by atoms with E-state index >= 15 is 0 Å². The Morgan fingerprint density at radius 3 is 2.56 bits per heavy atom. The van der Waals surface area contributed by atoms with Gasteiger partial charge in [0.25, 0.3) is 0 Å². The molecule has 94 valence electrons. The molecule has 0 bridgehead atoms. The monoisotopic (exact) mass is 266 g/mol. The zero-order valence-corrected chi connectivity index (χ0v) is 10.5. The fraction of sp³-hybridized carbons (Fsp3) is 0.154. The molecular formula is C13H12F2N2S. The van der Waals surface area contributed by atoms with Crippen LogP contribution in [-0.4, -0.2) is 4.98 Å². The molecule has 0 saturated carbocycles. The van der Waals surface area contributed by atoms with E-state index in [1.165, 1.54) is 23.9 Å². The number of pyridine rings is 1. The predicted octanol–water partition coefficient (Wildman–Crippen LogP) is 3.53. The summed E-state index contributed by atoms with van der Waals surface area (Å²) in [5.41, 5.74) is 6.46. The Morgan fingerprint density at radius 2 is 2.00 bits per heavy atom. The van der Waals surface area contributed by atoms with E-state index in [9.17, 15) is 8.78 Å². The summed E-state index contributed by atoms with van der Waals surface area (Å²) in [6.07, 6.45) is 1.63. The zero-order valence-electron chi connectivity index (χ0n) is 9.73. The van der Waals surface area contributed by atoms with E-state index in [1.54, 1.807) is 12.3 Å². The van der Waals surface area contributed by atoms with Crippen molar-refractivity contribution >= 4 is 11.8 Å². The van der Waals surface area contributed by atoms with Crippen molar-refractivity contribution in [2.45, 2.75) is 22.8 Å². The van der Waals surface area contributed by atoms with Gasteiger partial charge in [0.05, 0.1) is 5.69 Å². The van der Waals surface area contributed by atoms with Gasteiger partial charge in [-0.05, 0) is 31.2 Å². The molecule has 0 aliphatic carbocycles. The first-order chi connectivity index (χ1) is 8.56. The molecule has 0 saturated heterocycles. The van der Waals surface area contributed by atoms with Crippen molar-refractivity contribution in [1.29, 1.82) is 0 Å². The van der Waals surface area contributed by atoms with Crippen LogP contribution in [0.2, 0.25) is 0 Å². The summed E-state index contributed by atoms with van der Waals surface area (Å²) in [5, 5.41) is 0. The molecule has 1 unspecified atom stereocenters. The Bertz CT molecular complexity index is 541. The summed E-state index contributed by atoms with van der Waals surface area (Å²) in [6, 6.07) is 7.00. The quantitative estimate of drug-likeness (QED) is 0.923. The summed E-state index contributed by atoms with van der Waals surface area (Å²) in [5.74, 6) is -1.15. The van der Waals surface area contributed by atoms with Crippen molar-refractivity contribution in [2.75, 3.05) is 0 Å². The number of nitrogens with two attached hydrogens (primary N) is 1. The van der Waals surface area contributed by atoms with Crippen molar-refractivity contribution in [3.8, 4) is 0 Å². The lowest BCUT2D eigenvalue weighted by Gasteiger charge is -2.06. The molecule has 1 heterocycles. The molecule has 0 radical (unpaired) electrons. The van der Waals surface area contributed by atoms with E-state index in [4.69, 9.17) is 5.73 Å². The topological polar surface area (TPSA) is 38.9 Å². The molecule has 5 heteroatoms. The molecular weight excluding hydrogens is 254 g/mol. The molecule has 2 N–H and O–H groups in total. The van der Waals surface area contributed by atoms with Crippen LogP contribution in [0.4, 0.5) is 8.78 Å². The van der Waals surface area contributed by atoms with Gasteiger partial charge in [-0.2, -0.15) is 0 Å². The van der Waals surface area contributed by atoms with Crippen LogP contribution < -0.4 is 5.73 Å². The van der Waals surface area contributed by atoms with Gasteiger partial charge in [-0.3, -0.25) is 4.98 Å². The van der Waals surface area contributed by atoms with Gasteiger partial charge >= 0.3 is 0 Å². The number of halogens is 2. The van der Waals surface area contributed by atoms with E-state index < -0.39 is 11.6 Å². The summed E-state index contributed by atoms with van der Waals surface area (Å²) in [4.78, 5) is 5.33. The van der Waals surface area contributed by atoms with Gasteiger partial charge < -0.3 is 5.73 Å². The maximum atomic E-state index is 13.4. The molecule has 0 aliphatic rings. The van der Waals surface area contributed by atoms with Crippen LogP contribution in [-0.2, 0) is 0 Å². The Labute approximate surface area is 108 Å². The van der Waals surface area contributed by atoms with Gasteiger partial charge in [-0.15, -0.1) is 0 Å². The van der Waals surface area contributed by atoms with Gasteiger partial charge in [0.15, 0.2) is 0 Å². The highest BCUT2D eigenvalue weighted by molar-refractivity contribution is 7.99. The number of rotatable bonds is 3. The highest BCUT2D eigenvalue weighted by Gasteiger charge is 2.07. The highest BCUT2D eigenvalue weighted by Crippen LogP contribution is 2.29. The largest absolute Gasteiger partial charge is 0.323 e. The van der Waals surface area contributed by atoms with E-state index in [0.29, 0.717) is 4.90 Å². The molecule has 1 atom stereocenters. The standard InChI is InChI=1S/C13H12F2N2S/c1-8(16)12-4-3-10(7-17-12)18-13-5-2-9(14)6-11(13)15/h2-8H,16H2,1H3. The Kier molecular flexibility index (Phi) is 3.93. The smallest absolute Gasteiger partial charge is 0.140 e. The molecule has 0 amide bonds. The van der Waals surface area contributed by atoms with Crippen LogP contribution in [0.1, 0.15) is 18.7 Å². The maximum absolute atomic E-state index is 13.4. The number of nitrogens with zero attached hydrogens (tertiary/aromatic N) is 1. The second kappa shape index (κ2) is 5.46. The molecule has 18 heavy (non-hydrogen) atoms. The predicted molar refractivity (Wildman–Crippen MR) is 67.3 cm³/mol. The molecule has 2 nitrogen and oxygen atoms in total. The maximum Gasteiger partial charge on any atom is 0.140 e. The Balaban J connectivity index is 2.18. The second-order valence-corrected chi connectivity index (χ2v) is 5.00. The van der Waals surface area contributed by atoms with Gasteiger partial charge in [-0.25, -0.2) is 8.78 Å². The minimum Gasteiger partial charge on any atom is -0.323 e. The second-order valence-electron chi connectivity index (χ2n) is 3.88. The van der Waals surface area contributed by atoms with Gasteiger partial charge in [0.2, 0.25) is 0 Å². The number of benzene rings is 1. The summed E-state index contributed by atoms with van der Waals surface area (Å²) >= 11 is 1.20. The van der Waals surface area contributed by atoms with Crippen molar-refractivity contribution < 1.29 is 8.78 Å². The fourth-order valence-corrected chi connectivity index (χ4v) is 2.19. The first-order valence-corrected chi connectivity index (χ1v) is 6.22. The van der Waals surface area contributed by atoms with E-state index in [0.717, 1.165) is 16.7 Å². The van der Waals surface area contributed by atoms with Crippen LogP contribution in [0.3, 0.4) is 0 Å². The number of aromatic nitrogens is 1. The normalized spacial score (nSPS) is 12.4. The minimum absolute atomic E-state index is 0.133. The molecule has 2 rings (SSSR count). The van der Waals surface area contributed by atoms with Crippen molar-refractivity contribution in [3.63, 3.8) is 0 Å². The van der Waals surface area contributed by atoms with E-state index in [2.05, 4.69) is 4.98 Å². The zero-order chi connectivity index (χ0) is 13.1.